The first-order valence-electron chi connectivity index (χ1n) is 6.38. The second kappa shape index (κ2) is 5.22. The topological polar surface area (TPSA) is 51.2 Å². The number of hydrogen-bond donors (Lipinski definition) is 0. The van der Waals surface area contributed by atoms with Gasteiger partial charge in [-0.2, -0.15) is 0 Å². The fourth-order valence-corrected chi connectivity index (χ4v) is 4.16. The van der Waals surface area contributed by atoms with Crippen molar-refractivity contribution < 1.29 is 13.2 Å². The molecule has 18 heavy (non-hydrogen) atoms. The van der Waals surface area contributed by atoms with Gasteiger partial charge in [-0.15, -0.1) is 0 Å². The SMILES string of the molecule is Cc1ccccc1S(=O)(=O)C(=O)C1CCCCC1. The van der Waals surface area contributed by atoms with E-state index in [1.165, 1.54) is 6.07 Å². The van der Waals surface area contributed by atoms with Crippen molar-refractivity contribution in [1.82, 2.24) is 0 Å². The average Bonchev–Trinajstić information content (AvgIpc) is 2.39. The van der Waals surface area contributed by atoms with Crippen molar-refractivity contribution in [1.29, 1.82) is 0 Å². The fourth-order valence-electron chi connectivity index (χ4n) is 2.52. The maximum absolute atomic E-state index is 12.3. The van der Waals surface area contributed by atoms with E-state index in [1.807, 2.05) is 0 Å². The molecule has 0 aromatic heterocycles. The summed E-state index contributed by atoms with van der Waals surface area (Å²) in [6.45, 7) is 1.72. The quantitative estimate of drug-likeness (QED) is 0.827. The van der Waals surface area contributed by atoms with E-state index in [0.717, 1.165) is 19.3 Å². The van der Waals surface area contributed by atoms with E-state index < -0.39 is 15.0 Å². The second-order valence-corrected chi connectivity index (χ2v) is 6.77. The molecule has 0 spiro atoms. The van der Waals surface area contributed by atoms with E-state index in [0.29, 0.717) is 18.4 Å². The fraction of sp³-hybridized carbons (Fsp3) is 0.500. The lowest BCUT2D eigenvalue weighted by Crippen LogP contribution is -2.26. The van der Waals surface area contributed by atoms with Gasteiger partial charge >= 0.3 is 0 Å². The molecule has 0 atom stereocenters. The van der Waals surface area contributed by atoms with Gasteiger partial charge in [0.1, 0.15) is 0 Å². The Kier molecular flexibility index (Phi) is 3.85. The van der Waals surface area contributed by atoms with Gasteiger partial charge in [-0.25, -0.2) is 8.42 Å². The van der Waals surface area contributed by atoms with Crippen molar-refractivity contribution in [3.8, 4) is 0 Å². The molecule has 2 rings (SSSR count). The molecule has 0 radical (unpaired) electrons. The molecule has 0 aliphatic heterocycles. The van der Waals surface area contributed by atoms with Gasteiger partial charge in [0.25, 0.3) is 5.12 Å². The zero-order chi connectivity index (χ0) is 13.2. The summed E-state index contributed by atoms with van der Waals surface area (Å²) in [5, 5.41) is -0.587. The number of sulfone groups is 1. The zero-order valence-corrected chi connectivity index (χ0v) is 11.4. The van der Waals surface area contributed by atoms with Crippen LogP contribution in [0, 0.1) is 12.8 Å². The minimum Gasteiger partial charge on any atom is -0.281 e. The molecule has 0 N–H and O–H groups in total. The van der Waals surface area contributed by atoms with Crippen LogP contribution in [0.3, 0.4) is 0 Å². The van der Waals surface area contributed by atoms with E-state index in [2.05, 4.69) is 0 Å². The lowest BCUT2D eigenvalue weighted by atomic mass is 9.90. The Morgan fingerprint density at radius 3 is 2.33 bits per heavy atom. The third-order valence-corrected chi connectivity index (χ3v) is 5.49. The van der Waals surface area contributed by atoms with Crippen LogP contribution in [-0.2, 0) is 14.6 Å². The number of carbonyl (C=O) groups excluding carboxylic acids is 1. The molecule has 1 saturated carbocycles. The van der Waals surface area contributed by atoms with Crippen molar-refractivity contribution >= 4 is 15.0 Å². The highest BCUT2D eigenvalue weighted by Gasteiger charge is 2.33. The van der Waals surface area contributed by atoms with Gasteiger partial charge in [-0.1, -0.05) is 37.5 Å². The number of aryl methyl sites for hydroxylation is 1. The van der Waals surface area contributed by atoms with Crippen molar-refractivity contribution in [3.63, 3.8) is 0 Å². The molecule has 0 saturated heterocycles. The Balaban J connectivity index is 2.31. The van der Waals surface area contributed by atoms with Gasteiger partial charge in [0.15, 0.2) is 0 Å². The second-order valence-electron chi connectivity index (χ2n) is 4.92. The molecule has 0 unspecified atom stereocenters. The highest BCUT2D eigenvalue weighted by Crippen LogP contribution is 2.29. The van der Waals surface area contributed by atoms with Crippen LogP contribution < -0.4 is 0 Å². The molecule has 0 bridgehead atoms. The third kappa shape index (κ3) is 2.48. The largest absolute Gasteiger partial charge is 0.281 e. The van der Waals surface area contributed by atoms with Crippen molar-refractivity contribution in [2.24, 2.45) is 5.92 Å². The average molecular weight is 266 g/mol. The maximum atomic E-state index is 12.3. The summed E-state index contributed by atoms with van der Waals surface area (Å²) in [6, 6.07) is 6.68. The minimum atomic E-state index is -3.81. The van der Waals surface area contributed by atoms with Crippen LogP contribution in [0.2, 0.25) is 0 Å². The normalized spacial score (nSPS) is 17.6. The Bertz CT molecular complexity index is 540. The molecule has 1 aromatic carbocycles. The van der Waals surface area contributed by atoms with Crippen LogP contribution in [0.25, 0.3) is 0 Å². The Labute approximate surface area is 108 Å². The van der Waals surface area contributed by atoms with Crippen LogP contribution in [-0.4, -0.2) is 13.5 Å². The summed E-state index contributed by atoms with van der Waals surface area (Å²) in [6.07, 6.45) is 4.45. The number of rotatable bonds is 2. The van der Waals surface area contributed by atoms with E-state index in [-0.39, 0.29) is 10.8 Å². The molecular formula is C14H18O3S. The van der Waals surface area contributed by atoms with Crippen LogP contribution >= 0.6 is 0 Å². The first-order valence-corrected chi connectivity index (χ1v) is 7.86. The molecular weight excluding hydrogens is 248 g/mol. The smallest absolute Gasteiger partial charge is 0.254 e. The number of hydrogen-bond acceptors (Lipinski definition) is 3. The highest BCUT2D eigenvalue weighted by atomic mass is 32.2. The monoisotopic (exact) mass is 266 g/mol. The molecule has 1 aromatic rings. The van der Waals surface area contributed by atoms with Gasteiger partial charge in [-0.05, 0) is 31.4 Å². The van der Waals surface area contributed by atoms with Crippen molar-refractivity contribution in [2.45, 2.75) is 43.9 Å². The summed E-state index contributed by atoms with van der Waals surface area (Å²) in [5.41, 5.74) is 0.640. The minimum absolute atomic E-state index is 0.167. The molecule has 0 amide bonds. The molecule has 1 aliphatic rings. The highest BCUT2D eigenvalue weighted by molar-refractivity contribution is 8.06. The predicted octanol–water partition coefficient (Wildman–Crippen LogP) is 2.88. The third-order valence-electron chi connectivity index (χ3n) is 3.59. The van der Waals surface area contributed by atoms with Gasteiger partial charge in [0, 0.05) is 5.92 Å². The number of carbonyl (C=O) groups is 1. The lowest BCUT2D eigenvalue weighted by molar-refractivity contribution is -0.116. The van der Waals surface area contributed by atoms with Gasteiger partial charge in [-0.3, -0.25) is 4.79 Å². The van der Waals surface area contributed by atoms with Crippen LogP contribution in [0.1, 0.15) is 37.7 Å². The van der Waals surface area contributed by atoms with Gasteiger partial charge < -0.3 is 0 Å². The van der Waals surface area contributed by atoms with E-state index in [9.17, 15) is 13.2 Å². The van der Waals surface area contributed by atoms with Crippen molar-refractivity contribution in [2.75, 3.05) is 0 Å². The van der Waals surface area contributed by atoms with Crippen LogP contribution in [0.15, 0.2) is 29.2 Å². The van der Waals surface area contributed by atoms with E-state index >= 15 is 0 Å². The summed E-state index contributed by atoms with van der Waals surface area (Å²) < 4.78 is 24.6. The van der Waals surface area contributed by atoms with Crippen molar-refractivity contribution in [3.05, 3.63) is 29.8 Å². The Morgan fingerprint density at radius 1 is 1.11 bits per heavy atom. The Morgan fingerprint density at radius 2 is 1.72 bits per heavy atom. The molecule has 1 aliphatic carbocycles. The first-order chi connectivity index (χ1) is 8.53. The van der Waals surface area contributed by atoms with Crippen LogP contribution in [0.5, 0.6) is 0 Å². The summed E-state index contributed by atoms with van der Waals surface area (Å²) in [7, 11) is -3.81. The standard InChI is InChI=1S/C14H18O3S/c1-11-7-5-6-10-13(11)18(16,17)14(15)12-8-3-2-4-9-12/h5-7,10,12H,2-4,8-9H2,1H3. The zero-order valence-electron chi connectivity index (χ0n) is 10.6. The first kappa shape index (κ1) is 13.3. The summed E-state index contributed by atoms with van der Waals surface area (Å²) in [5.74, 6) is -0.302. The molecule has 0 heterocycles. The van der Waals surface area contributed by atoms with E-state index in [4.69, 9.17) is 0 Å². The molecule has 98 valence electrons. The Hall–Kier alpha value is -1.16. The predicted molar refractivity (Wildman–Crippen MR) is 69.9 cm³/mol. The molecule has 3 nitrogen and oxygen atoms in total. The summed E-state index contributed by atoms with van der Waals surface area (Å²) in [4.78, 5) is 12.4. The molecule has 4 heteroatoms. The molecule has 1 fully saturated rings. The number of benzene rings is 1. The van der Waals surface area contributed by atoms with Gasteiger partial charge in [0.05, 0.1) is 4.90 Å². The van der Waals surface area contributed by atoms with E-state index in [1.54, 1.807) is 25.1 Å². The van der Waals surface area contributed by atoms with Crippen LogP contribution in [0.4, 0.5) is 0 Å². The maximum Gasteiger partial charge on any atom is 0.254 e. The lowest BCUT2D eigenvalue weighted by Gasteiger charge is -2.20. The summed E-state index contributed by atoms with van der Waals surface area (Å²) >= 11 is 0. The van der Waals surface area contributed by atoms with Gasteiger partial charge in [0.2, 0.25) is 9.84 Å².